The van der Waals surface area contributed by atoms with E-state index in [1.807, 2.05) is 43.5 Å². The van der Waals surface area contributed by atoms with Crippen LogP contribution in [0.1, 0.15) is 48.6 Å². The predicted molar refractivity (Wildman–Crippen MR) is 136 cm³/mol. The standard InChI is InChI=1S/C26H31N5O3S/c1-16-9-11-27-24(13-16)30-23-4-2-3-19(29-23)22-14-28-25(35-22)17-5-7-18(8-6-17)26(34)31-12-10-20(32)21(33)15-31/h2-4,9,11,13-14,17-18,20-21,32-33H,5-8,10,12,15H2,1H3,(H,27,29,30)/t17?,18?,20-,21-/m0/s1. The SMILES string of the molecule is Cc1ccnc(Nc2cccc(-c3cnc(C4CCC(C(=O)N5CC[C@H](O)[C@@H](O)C5)CC4)s3)n2)c1. The maximum absolute atomic E-state index is 12.9. The highest BCUT2D eigenvalue weighted by molar-refractivity contribution is 7.15. The summed E-state index contributed by atoms with van der Waals surface area (Å²) in [5.74, 6) is 1.97. The van der Waals surface area contributed by atoms with Crippen molar-refractivity contribution < 1.29 is 15.0 Å². The van der Waals surface area contributed by atoms with Gasteiger partial charge in [-0.3, -0.25) is 4.79 Å². The lowest BCUT2D eigenvalue weighted by molar-refractivity contribution is -0.143. The van der Waals surface area contributed by atoms with E-state index in [4.69, 9.17) is 9.97 Å². The lowest BCUT2D eigenvalue weighted by atomic mass is 9.81. The van der Waals surface area contributed by atoms with Crippen molar-refractivity contribution in [3.05, 3.63) is 53.3 Å². The molecule has 1 aliphatic carbocycles. The van der Waals surface area contributed by atoms with Crippen molar-refractivity contribution in [1.29, 1.82) is 0 Å². The van der Waals surface area contributed by atoms with E-state index in [0.29, 0.717) is 18.9 Å². The van der Waals surface area contributed by atoms with Gasteiger partial charge in [0.15, 0.2) is 0 Å². The molecular weight excluding hydrogens is 462 g/mol. The first-order valence-corrected chi connectivity index (χ1v) is 13.1. The molecule has 3 aromatic heterocycles. The van der Waals surface area contributed by atoms with Crippen LogP contribution in [0.3, 0.4) is 0 Å². The zero-order valence-electron chi connectivity index (χ0n) is 19.8. The minimum atomic E-state index is -0.840. The van der Waals surface area contributed by atoms with Gasteiger partial charge in [0.2, 0.25) is 5.91 Å². The second-order valence-corrected chi connectivity index (χ2v) is 10.6. The average Bonchev–Trinajstić information content (AvgIpc) is 3.36. The summed E-state index contributed by atoms with van der Waals surface area (Å²) in [6.07, 6.45) is 6.06. The number of nitrogens with zero attached hydrogens (tertiary/aromatic N) is 4. The first-order chi connectivity index (χ1) is 17.0. The summed E-state index contributed by atoms with van der Waals surface area (Å²) in [6.45, 7) is 2.78. The minimum Gasteiger partial charge on any atom is -0.390 e. The van der Waals surface area contributed by atoms with E-state index in [0.717, 1.165) is 58.5 Å². The van der Waals surface area contributed by atoms with Crippen LogP contribution in [0.25, 0.3) is 10.6 Å². The number of likely N-dealkylation sites (tertiary alicyclic amines) is 1. The molecule has 1 aliphatic heterocycles. The minimum absolute atomic E-state index is 0.00668. The zero-order valence-corrected chi connectivity index (χ0v) is 20.6. The third-order valence-electron chi connectivity index (χ3n) is 6.98. The monoisotopic (exact) mass is 493 g/mol. The first kappa shape index (κ1) is 23.8. The van der Waals surface area contributed by atoms with Crippen LogP contribution in [-0.2, 0) is 4.79 Å². The van der Waals surface area contributed by atoms with Crippen LogP contribution >= 0.6 is 11.3 Å². The summed E-state index contributed by atoms with van der Waals surface area (Å²) in [4.78, 5) is 29.5. The first-order valence-electron chi connectivity index (χ1n) is 12.2. The third-order valence-corrected chi connectivity index (χ3v) is 8.16. The second-order valence-electron chi connectivity index (χ2n) is 9.57. The molecule has 1 amide bonds. The number of nitrogens with one attached hydrogen (secondary N) is 1. The molecule has 0 aromatic carbocycles. The molecule has 1 saturated heterocycles. The van der Waals surface area contributed by atoms with E-state index >= 15 is 0 Å². The smallest absolute Gasteiger partial charge is 0.225 e. The summed E-state index contributed by atoms with van der Waals surface area (Å²) in [5.41, 5.74) is 2.01. The number of thiazole rings is 1. The molecule has 2 aliphatic rings. The number of piperidine rings is 1. The molecule has 35 heavy (non-hydrogen) atoms. The van der Waals surface area contributed by atoms with Gasteiger partial charge >= 0.3 is 0 Å². The summed E-state index contributed by atoms with van der Waals surface area (Å²) < 4.78 is 0. The molecule has 2 atom stereocenters. The van der Waals surface area contributed by atoms with Crippen LogP contribution in [-0.4, -0.2) is 61.3 Å². The van der Waals surface area contributed by atoms with Crippen molar-refractivity contribution in [1.82, 2.24) is 19.9 Å². The van der Waals surface area contributed by atoms with Crippen molar-refractivity contribution in [2.75, 3.05) is 18.4 Å². The Morgan fingerprint density at radius 2 is 1.89 bits per heavy atom. The van der Waals surface area contributed by atoms with E-state index < -0.39 is 12.2 Å². The summed E-state index contributed by atoms with van der Waals surface area (Å²) >= 11 is 1.67. The molecule has 5 rings (SSSR count). The van der Waals surface area contributed by atoms with Gasteiger partial charge in [0.25, 0.3) is 0 Å². The Morgan fingerprint density at radius 3 is 2.66 bits per heavy atom. The average molecular weight is 494 g/mol. The Bertz CT molecular complexity index is 1180. The number of anilines is 2. The van der Waals surface area contributed by atoms with Crippen LogP contribution in [0.5, 0.6) is 0 Å². The molecular formula is C26H31N5O3S. The van der Waals surface area contributed by atoms with Crippen molar-refractivity contribution in [2.45, 2.75) is 57.2 Å². The van der Waals surface area contributed by atoms with E-state index in [2.05, 4.69) is 10.3 Å². The van der Waals surface area contributed by atoms with E-state index in [-0.39, 0.29) is 18.4 Å². The molecule has 3 N–H and O–H groups in total. The number of β-amino-alcohol motifs (C(OH)–C–C–N with tert-alkyl or cyclic N) is 1. The molecule has 3 aromatic rings. The highest BCUT2D eigenvalue weighted by Crippen LogP contribution is 2.40. The van der Waals surface area contributed by atoms with Crippen molar-refractivity contribution in [3.63, 3.8) is 0 Å². The van der Waals surface area contributed by atoms with Gasteiger partial charge in [0.05, 0.1) is 27.8 Å². The zero-order chi connectivity index (χ0) is 24.4. The quantitative estimate of drug-likeness (QED) is 0.495. The molecule has 8 nitrogen and oxygen atoms in total. The van der Waals surface area contributed by atoms with E-state index in [1.165, 1.54) is 0 Å². The molecule has 184 valence electrons. The molecule has 2 fully saturated rings. The van der Waals surface area contributed by atoms with Crippen molar-refractivity contribution >= 4 is 28.9 Å². The van der Waals surface area contributed by atoms with Crippen LogP contribution in [0, 0.1) is 12.8 Å². The fourth-order valence-corrected chi connectivity index (χ4v) is 5.99. The Hall–Kier alpha value is -2.88. The molecule has 0 unspecified atom stereocenters. The Labute approximate surface area is 209 Å². The lowest BCUT2D eigenvalue weighted by Gasteiger charge is -2.37. The van der Waals surface area contributed by atoms with Gasteiger partial charge < -0.3 is 20.4 Å². The van der Waals surface area contributed by atoms with Crippen LogP contribution in [0.2, 0.25) is 0 Å². The number of aliphatic hydroxyl groups excluding tert-OH is 2. The largest absolute Gasteiger partial charge is 0.390 e. The summed E-state index contributed by atoms with van der Waals surface area (Å²) in [7, 11) is 0. The predicted octanol–water partition coefficient (Wildman–Crippen LogP) is 3.88. The highest BCUT2D eigenvalue weighted by Gasteiger charge is 2.35. The van der Waals surface area contributed by atoms with Gasteiger partial charge in [0.1, 0.15) is 11.6 Å². The number of pyridine rings is 2. The number of amides is 1. The Morgan fingerprint density at radius 1 is 1.06 bits per heavy atom. The molecule has 9 heteroatoms. The fraction of sp³-hybridized carbons (Fsp3) is 0.462. The number of hydrogen-bond acceptors (Lipinski definition) is 8. The van der Waals surface area contributed by atoms with E-state index in [9.17, 15) is 15.0 Å². The van der Waals surface area contributed by atoms with E-state index in [1.54, 1.807) is 22.4 Å². The Balaban J connectivity index is 1.20. The molecule has 0 bridgehead atoms. The molecule has 4 heterocycles. The normalized spacial score (nSPS) is 24.8. The van der Waals surface area contributed by atoms with Crippen LogP contribution < -0.4 is 5.32 Å². The topological polar surface area (TPSA) is 111 Å². The molecule has 0 spiro atoms. The van der Waals surface area contributed by atoms with Crippen LogP contribution in [0.4, 0.5) is 11.6 Å². The van der Waals surface area contributed by atoms with Gasteiger partial charge in [-0.1, -0.05) is 6.07 Å². The maximum atomic E-state index is 12.9. The van der Waals surface area contributed by atoms with Gasteiger partial charge in [-0.05, 0) is 68.9 Å². The van der Waals surface area contributed by atoms with Gasteiger partial charge in [0, 0.05) is 37.3 Å². The number of carbonyl (C=O) groups is 1. The molecule has 0 radical (unpaired) electrons. The van der Waals surface area contributed by atoms with Gasteiger partial charge in [-0.2, -0.15) is 0 Å². The van der Waals surface area contributed by atoms with Crippen molar-refractivity contribution in [2.24, 2.45) is 5.92 Å². The Kier molecular flexibility index (Phi) is 7.08. The summed E-state index contributed by atoms with van der Waals surface area (Å²) in [6, 6.07) is 9.84. The number of carbonyl (C=O) groups excluding carboxylic acids is 1. The summed E-state index contributed by atoms with van der Waals surface area (Å²) in [5, 5.41) is 24.0. The van der Waals surface area contributed by atoms with Gasteiger partial charge in [-0.25, -0.2) is 15.0 Å². The second kappa shape index (κ2) is 10.4. The van der Waals surface area contributed by atoms with Crippen molar-refractivity contribution in [3.8, 4) is 10.6 Å². The number of aryl methyl sites for hydroxylation is 1. The number of rotatable bonds is 5. The van der Waals surface area contributed by atoms with Crippen LogP contribution in [0.15, 0.2) is 42.7 Å². The third kappa shape index (κ3) is 5.52. The fourth-order valence-electron chi connectivity index (χ4n) is 4.94. The number of aromatic nitrogens is 3. The highest BCUT2D eigenvalue weighted by atomic mass is 32.1. The molecule has 1 saturated carbocycles. The maximum Gasteiger partial charge on any atom is 0.225 e. The number of hydrogen-bond donors (Lipinski definition) is 3. The lowest BCUT2D eigenvalue weighted by Crippen LogP contribution is -2.50. The van der Waals surface area contributed by atoms with Gasteiger partial charge in [-0.15, -0.1) is 11.3 Å². The number of aliphatic hydroxyl groups is 2.